The van der Waals surface area contributed by atoms with Crippen molar-refractivity contribution in [1.29, 1.82) is 0 Å². The van der Waals surface area contributed by atoms with Crippen molar-refractivity contribution < 1.29 is 20.4 Å². The van der Waals surface area contributed by atoms with Crippen LogP contribution in [-0.4, -0.2) is 51.4 Å². The Morgan fingerprint density at radius 3 is 2.12 bits per heavy atom. The van der Waals surface area contributed by atoms with Gasteiger partial charge < -0.3 is 26.2 Å². The molecule has 0 amide bonds. The first-order valence-electron chi connectivity index (χ1n) is 6.47. The Bertz CT molecular complexity index is 209. The molecule has 1 saturated carbocycles. The van der Waals surface area contributed by atoms with Crippen LogP contribution in [0.25, 0.3) is 0 Å². The van der Waals surface area contributed by atoms with Crippen LogP contribution in [0.2, 0.25) is 0 Å². The van der Waals surface area contributed by atoms with Gasteiger partial charge in [-0.1, -0.05) is 32.1 Å². The largest absolute Gasteiger partial charge is 0.394 e. The fourth-order valence-corrected chi connectivity index (χ4v) is 2.54. The van der Waals surface area contributed by atoms with E-state index >= 15 is 0 Å². The maximum Gasteiger partial charge on any atom is 0.109 e. The van der Waals surface area contributed by atoms with Crippen LogP contribution in [0.1, 0.15) is 38.5 Å². The molecule has 102 valence electrons. The quantitative estimate of drug-likeness (QED) is 0.429. The van der Waals surface area contributed by atoms with E-state index in [1.807, 2.05) is 0 Å². The number of nitrogens with two attached hydrogens (primary N) is 1. The molecular weight excluding hydrogens is 222 g/mol. The van der Waals surface area contributed by atoms with Crippen LogP contribution >= 0.6 is 0 Å². The third-order valence-electron chi connectivity index (χ3n) is 3.70. The lowest BCUT2D eigenvalue weighted by Crippen LogP contribution is -2.49. The summed E-state index contributed by atoms with van der Waals surface area (Å²) in [7, 11) is 0. The van der Waals surface area contributed by atoms with Gasteiger partial charge in [-0.2, -0.15) is 0 Å². The average molecular weight is 247 g/mol. The third-order valence-corrected chi connectivity index (χ3v) is 3.70. The fraction of sp³-hybridized carbons (Fsp3) is 1.00. The number of hydrogen-bond acceptors (Lipinski definition) is 5. The molecule has 0 aromatic heterocycles. The predicted molar refractivity (Wildman–Crippen MR) is 64.3 cm³/mol. The molecule has 0 aromatic rings. The smallest absolute Gasteiger partial charge is 0.109 e. The summed E-state index contributed by atoms with van der Waals surface area (Å²) in [5.74, 6) is 0.506. The monoisotopic (exact) mass is 247 g/mol. The number of aliphatic hydroxyl groups is 4. The van der Waals surface area contributed by atoms with Crippen LogP contribution in [0.3, 0.4) is 0 Å². The second kappa shape index (κ2) is 7.28. The molecule has 4 atom stereocenters. The van der Waals surface area contributed by atoms with E-state index in [9.17, 15) is 15.3 Å². The molecule has 1 aliphatic carbocycles. The second-order valence-electron chi connectivity index (χ2n) is 5.13. The molecule has 0 radical (unpaired) electrons. The zero-order valence-corrected chi connectivity index (χ0v) is 10.2. The van der Waals surface area contributed by atoms with E-state index < -0.39 is 31.0 Å². The molecule has 0 spiro atoms. The van der Waals surface area contributed by atoms with E-state index in [2.05, 4.69) is 0 Å². The van der Waals surface area contributed by atoms with Gasteiger partial charge >= 0.3 is 0 Å². The van der Waals surface area contributed by atoms with Crippen molar-refractivity contribution in [2.75, 3.05) is 6.61 Å². The van der Waals surface area contributed by atoms with E-state index in [0.717, 1.165) is 12.8 Å². The fourth-order valence-electron chi connectivity index (χ4n) is 2.54. The van der Waals surface area contributed by atoms with Gasteiger partial charge in [-0.3, -0.25) is 0 Å². The zero-order chi connectivity index (χ0) is 12.8. The van der Waals surface area contributed by atoms with Crippen LogP contribution in [0.4, 0.5) is 0 Å². The Hall–Kier alpha value is -0.200. The molecule has 1 rings (SSSR count). The first-order valence-corrected chi connectivity index (χ1v) is 6.47. The van der Waals surface area contributed by atoms with E-state index in [-0.39, 0.29) is 0 Å². The molecule has 0 bridgehead atoms. The number of aliphatic hydroxyl groups excluding tert-OH is 4. The minimum absolute atomic E-state index is 0.506. The molecule has 17 heavy (non-hydrogen) atoms. The molecule has 6 N–H and O–H groups in total. The summed E-state index contributed by atoms with van der Waals surface area (Å²) >= 11 is 0. The lowest BCUT2D eigenvalue weighted by molar-refractivity contribution is -0.0854. The first kappa shape index (κ1) is 14.9. The van der Waals surface area contributed by atoms with Gasteiger partial charge in [0, 0.05) is 6.04 Å². The van der Waals surface area contributed by atoms with Crippen molar-refractivity contribution in [3.05, 3.63) is 0 Å². The highest BCUT2D eigenvalue weighted by atomic mass is 16.4. The second-order valence-corrected chi connectivity index (χ2v) is 5.13. The maximum absolute atomic E-state index is 9.77. The Kier molecular flexibility index (Phi) is 6.37. The van der Waals surface area contributed by atoms with Crippen molar-refractivity contribution in [3.63, 3.8) is 0 Å². The Labute approximate surface area is 102 Å². The average Bonchev–Trinajstić information content (AvgIpc) is 2.37. The van der Waals surface area contributed by atoms with E-state index in [1.54, 1.807) is 0 Å². The Morgan fingerprint density at radius 2 is 1.59 bits per heavy atom. The summed E-state index contributed by atoms with van der Waals surface area (Å²) < 4.78 is 0. The molecule has 0 saturated heterocycles. The molecule has 2 unspecified atom stereocenters. The van der Waals surface area contributed by atoms with Crippen LogP contribution < -0.4 is 5.73 Å². The molecule has 0 aromatic carbocycles. The third kappa shape index (κ3) is 4.52. The predicted octanol–water partition coefficient (Wildman–Crippen LogP) is -0.641. The van der Waals surface area contributed by atoms with Crippen molar-refractivity contribution >= 4 is 0 Å². The first-order chi connectivity index (χ1) is 8.06. The number of rotatable bonds is 6. The van der Waals surface area contributed by atoms with E-state index in [1.165, 1.54) is 19.3 Å². The maximum atomic E-state index is 9.77. The van der Waals surface area contributed by atoms with E-state index in [0.29, 0.717) is 12.3 Å². The minimum atomic E-state index is -1.38. The highest BCUT2D eigenvalue weighted by Gasteiger charge is 2.30. The minimum Gasteiger partial charge on any atom is -0.394 e. The van der Waals surface area contributed by atoms with Crippen molar-refractivity contribution in [1.82, 2.24) is 0 Å². The van der Waals surface area contributed by atoms with Gasteiger partial charge in [0.2, 0.25) is 0 Å². The van der Waals surface area contributed by atoms with Gasteiger partial charge in [0.25, 0.3) is 0 Å². The molecular formula is C12H25NO4. The summed E-state index contributed by atoms with van der Waals surface area (Å²) in [4.78, 5) is 0. The summed E-state index contributed by atoms with van der Waals surface area (Å²) in [5, 5.41) is 37.2. The normalized spacial score (nSPS) is 25.2. The van der Waals surface area contributed by atoms with Gasteiger partial charge in [0.15, 0.2) is 0 Å². The zero-order valence-electron chi connectivity index (χ0n) is 10.2. The van der Waals surface area contributed by atoms with Gasteiger partial charge in [0.1, 0.15) is 12.2 Å². The van der Waals surface area contributed by atoms with Crippen molar-refractivity contribution in [2.24, 2.45) is 11.7 Å². The van der Waals surface area contributed by atoms with E-state index in [4.69, 9.17) is 10.8 Å². The lowest BCUT2D eigenvalue weighted by Gasteiger charge is -2.30. The van der Waals surface area contributed by atoms with Gasteiger partial charge in [0.05, 0.1) is 12.7 Å². The summed E-state index contributed by atoms with van der Waals surface area (Å²) in [5.41, 5.74) is 5.84. The molecule has 1 fully saturated rings. The molecule has 0 aliphatic heterocycles. The van der Waals surface area contributed by atoms with Crippen LogP contribution in [0.5, 0.6) is 0 Å². The standard InChI is InChI=1S/C12H25NO4/c13-9(6-8-4-2-1-3-5-8)11(16)12(17)10(15)7-14/h8-12,14-17H,1-7,13H2/t9-,10?,11+,12?/m0/s1. The van der Waals surface area contributed by atoms with Crippen LogP contribution in [0, 0.1) is 5.92 Å². The summed E-state index contributed by atoms with van der Waals surface area (Å²) in [6, 6.07) is -0.547. The number of hydrogen-bond donors (Lipinski definition) is 5. The molecule has 5 heteroatoms. The van der Waals surface area contributed by atoms with Crippen LogP contribution in [0.15, 0.2) is 0 Å². The molecule has 5 nitrogen and oxygen atoms in total. The van der Waals surface area contributed by atoms with Gasteiger partial charge in [-0.25, -0.2) is 0 Å². The topological polar surface area (TPSA) is 107 Å². The summed E-state index contributed by atoms with van der Waals surface area (Å²) in [6.45, 7) is -0.575. The highest BCUT2D eigenvalue weighted by Crippen LogP contribution is 2.27. The highest BCUT2D eigenvalue weighted by molar-refractivity contribution is 4.85. The van der Waals surface area contributed by atoms with Crippen molar-refractivity contribution in [3.8, 4) is 0 Å². The van der Waals surface area contributed by atoms with Gasteiger partial charge in [-0.15, -0.1) is 0 Å². The van der Waals surface area contributed by atoms with Crippen molar-refractivity contribution in [2.45, 2.75) is 62.9 Å². The Morgan fingerprint density at radius 1 is 1.00 bits per heavy atom. The van der Waals surface area contributed by atoms with Gasteiger partial charge in [-0.05, 0) is 12.3 Å². The lowest BCUT2D eigenvalue weighted by atomic mass is 9.83. The summed E-state index contributed by atoms with van der Waals surface area (Å²) in [6.07, 6.45) is 2.69. The Balaban J connectivity index is 2.37. The van der Waals surface area contributed by atoms with Crippen LogP contribution in [-0.2, 0) is 0 Å². The molecule has 0 heterocycles. The molecule has 1 aliphatic rings. The SMILES string of the molecule is N[C@@H](CC1CCCCC1)[C@@H](O)C(O)C(O)CO.